The number of amides is 2. The fourth-order valence-corrected chi connectivity index (χ4v) is 2.22. The van der Waals surface area contributed by atoms with Crippen LogP contribution in [0.2, 0.25) is 0 Å². The highest BCUT2D eigenvalue weighted by atomic mass is 35.5. The van der Waals surface area contributed by atoms with Crippen molar-refractivity contribution in [1.82, 2.24) is 14.7 Å². The van der Waals surface area contributed by atoms with Crippen LogP contribution in [0.4, 0.5) is 5.69 Å². The highest BCUT2D eigenvalue weighted by molar-refractivity contribution is 5.97. The summed E-state index contributed by atoms with van der Waals surface area (Å²) in [5.74, 6) is -0.0696. The van der Waals surface area contributed by atoms with Crippen LogP contribution in [0.1, 0.15) is 19.8 Å². The minimum absolute atomic E-state index is 0. The average Bonchev–Trinajstić information content (AvgIpc) is 2.82. The van der Waals surface area contributed by atoms with Crippen molar-refractivity contribution < 1.29 is 9.59 Å². The topological polar surface area (TPSA) is 84.5 Å². The summed E-state index contributed by atoms with van der Waals surface area (Å²) in [5.41, 5.74) is 6.42. The molecule has 2 amide bonds. The monoisotopic (exact) mass is 315 g/mol. The molecule has 0 radical (unpaired) electrons. The Labute approximate surface area is 130 Å². The predicted molar refractivity (Wildman–Crippen MR) is 82.3 cm³/mol. The molecule has 1 aromatic heterocycles. The van der Waals surface area contributed by atoms with Gasteiger partial charge in [-0.05, 0) is 13.3 Å². The van der Waals surface area contributed by atoms with Gasteiger partial charge < -0.3 is 15.5 Å². The van der Waals surface area contributed by atoms with Crippen molar-refractivity contribution in [3.8, 4) is 0 Å². The molecule has 8 heteroatoms. The normalized spacial score (nSPS) is 16.6. The number of hydrogen-bond acceptors (Lipinski definition) is 4. The van der Waals surface area contributed by atoms with Gasteiger partial charge >= 0.3 is 0 Å². The standard InChI is InChI=1S/C13H21N5O2.ClH/c1-10(14)3-4-12(19)17-5-6-18(13(20)9-17)11-7-15-16(2)8-11;/h7-8,10H,3-6,9,14H2,1-2H3;1H. The molecule has 0 aliphatic carbocycles. The molecule has 7 nitrogen and oxygen atoms in total. The zero-order valence-electron chi connectivity index (χ0n) is 12.4. The minimum atomic E-state index is -0.0709. The second-order valence-electron chi connectivity index (χ2n) is 5.25. The Morgan fingerprint density at radius 3 is 2.71 bits per heavy atom. The lowest BCUT2D eigenvalue weighted by molar-refractivity contribution is -0.137. The molecule has 21 heavy (non-hydrogen) atoms. The molecular weight excluding hydrogens is 294 g/mol. The minimum Gasteiger partial charge on any atom is -0.332 e. The van der Waals surface area contributed by atoms with Gasteiger partial charge in [0.05, 0.1) is 11.9 Å². The first-order valence-electron chi connectivity index (χ1n) is 6.79. The van der Waals surface area contributed by atoms with Gasteiger partial charge in [-0.2, -0.15) is 5.10 Å². The summed E-state index contributed by atoms with van der Waals surface area (Å²) in [6, 6.07) is 0.00586. The molecule has 0 aromatic carbocycles. The Balaban J connectivity index is 0.00000220. The summed E-state index contributed by atoms with van der Waals surface area (Å²) in [5, 5.41) is 4.06. The molecule has 1 aromatic rings. The van der Waals surface area contributed by atoms with E-state index in [0.717, 1.165) is 5.69 Å². The summed E-state index contributed by atoms with van der Waals surface area (Å²) < 4.78 is 1.66. The molecule has 118 valence electrons. The lowest BCUT2D eigenvalue weighted by Crippen LogP contribution is -2.52. The lowest BCUT2D eigenvalue weighted by Gasteiger charge is -2.33. The van der Waals surface area contributed by atoms with E-state index < -0.39 is 0 Å². The zero-order chi connectivity index (χ0) is 14.7. The van der Waals surface area contributed by atoms with Gasteiger partial charge in [-0.25, -0.2) is 0 Å². The van der Waals surface area contributed by atoms with Gasteiger partial charge in [-0.3, -0.25) is 14.3 Å². The molecule has 1 aliphatic heterocycles. The molecule has 2 N–H and O–H groups in total. The molecule has 1 atom stereocenters. The summed E-state index contributed by atoms with van der Waals surface area (Å²) in [7, 11) is 1.81. The summed E-state index contributed by atoms with van der Waals surface area (Å²) >= 11 is 0. The number of nitrogens with two attached hydrogens (primary N) is 1. The third-order valence-electron chi connectivity index (χ3n) is 3.39. The van der Waals surface area contributed by atoms with Gasteiger partial charge in [0.1, 0.15) is 6.54 Å². The van der Waals surface area contributed by atoms with Gasteiger partial charge in [-0.15, -0.1) is 12.4 Å². The lowest BCUT2D eigenvalue weighted by atomic mass is 10.1. The van der Waals surface area contributed by atoms with Crippen LogP contribution in [0.3, 0.4) is 0 Å². The van der Waals surface area contributed by atoms with Gasteiger partial charge in [-0.1, -0.05) is 0 Å². The number of anilines is 1. The summed E-state index contributed by atoms with van der Waals surface area (Å²) in [4.78, 5) is 27.4. The van der Waals surface area contributed by atoms with Crippen LogP contribution in [0.25, 0.3) is 0 Å². The molecule has 0 spiro atoms. The quantitative estimate of drug-likeness (QED) is 0.857. The van der Waals surface area contributed by atoms with Crippen LogP contribution in [-0.4, -0.2) is 52.2 Å². The van der Waals surface area contributed by atoms with Gasteiger partial charge in [0.2, 0.25) is 11.8 Å². The van der Waals surface area contributed by atoms with Gasteiger partial charge in [0, 0.05) is 38.8 Å². The first kappa shape index (κ1) is 17.5. The maximum Gasteiger partial charge on any atom is 0.246 e. The van der Waals surface area contributed by atoms with Crippen molar-refractivity contribution in [3.63, 3.8) is 0 Å². The Bertz CT molecular complexity index is 503. The van der Waals surface area contributed by atoms with E-state index in [9.17, 15) is 9.59 Å². The van der Waals surface area contributed by atoms with Crippen molar-refractivity contribution in [2.75, 3.05) is 24.5 Å². The van der Waals surface area contributed by atoms with E-state index in [1.54, 1.807) is 26.9 Å². The summed E-state index contributed by atoms with van der Waals surface area (Å²) in [6.45, 7) is 3.07. The van der Waals surface area contributed by atoms with Crippen LogP contribution in [-0.2, 0) is 16.6 Å². The van der Waals surface area contributed by atoms with Crippen molar-refractivity contribution in [2.24, 2.45) is 12.8 Å². The van der Waals surface area contributed by atoms with Crippen LogP contribution < -0.4 is 10.6 Å². The molecule has 0 bridgehead atoms. The largest absolute Gasteiger partial charge is 0.332 e. The maximum atomic E-state index is 12.1. The van der Waals surface area contributed by atoms with E-state index in [1.807, 2.05) is 14.0 Å². The molecule has 1 aliphatic rings. The van der Waals surface area contributed by atoms with Crippen molar-refractivity contribution in [3.05, 3.63) is 12.4 Å². The van der Waals surface area contributed by atoms with E-state index in [2.05, 4.69) is 5.10 Å². The number of hydrogen-bond donors (Lipinski definition) is 1. The van der Waals surface area contributed by atoms with Crippen LogP contribution in [0.15, 0.2) is 12.4 Å². The van der Waals surface area contributed by atoms with E-state index in [4.69, 9.17) is 5.73 Å². The highest BCUT2D eigenvalue weighted by Crippen LogP contribution is 2.16. The Morgan fingerprint density at radius 1 is 1.48 bits per heavy atom. The first-order chi connectivity index (χ1) is 9.47. The number of aromatic nitrogens is 2. The average molecular weight is 316 g/mol. The Kier molecular flexibility index (Phi) is 6.17. The predicted octanol–water partition coefficient (Wildman–Crippen LogP) is 0.145. The van der Waals surface area contributed by atoms with Crippen molar-refractivity contribution in [2.45, 2.75) is 25.8 Å². The fraction of sp³-hybridized carbons (Fsp3) is 0.615. The molecule has 0 saturated carbocycles. The molecule has 2 heterocycles. The maximum absolute atomic E-state index is 12.1. The number of carbonyl (C=O) groups is 2. The Hall–Kier alpha value is -1.60. The van der Waals surface area contributed by atoms with E-state index >= 15 is 0 Å². The second kappa shape index (κ2) is 7.42. The first-order valence-corrected chi connectivity index (χ1v) is 6.79. The molecule has 2 rings (SSSR count). The molecule has 1 fully saturated rings. The van der Waals surface area contributed by atoms with E-state index in [0.29, 0.717) is 25.9 Å². The van der Waals surface area contributed by atoms with E-state index in [-0.39, 0.29) is 36.8 Å². The molecule has 1 saturated heterocycles. The number of rotatable bonds is 4. The third kappa shape index (κ3) is 4.44. The third-order valence-corrected chi connectivity index (χ3v) is 3.39. The number of aryl methyl sites for hydroxylation is 1. The number of carbonyl (C=O) groups excluding carboxylic acids is 2. The zero-order valence-corrected chi connectivity index (χ0v) is 13.2. The van der Waals surface area contributed by atoms with Crippen molar-refractivity contribution in [1.29, 1.82) is 0 Å². The van der Waals surface area contributed by atoms with Crippen molar-refractivity contribution >= 4 is 29.9 Å². The van der Waals surface area contributed by atoms with Crippen LogP contribution in [0.5, 0.6) is 0 Å². The highest BCUT2D eigenvalue weighted by Gasteiger charge is 2.28. The van der Waals surface area contributed by atoms with Crippen LogP contribution in [0, 0.1) is 0 Å². The Morgan fingerprint density at radius 2 is 2.19 bits per heavy atom. The summed E-state index contributed by atoms with van der Waals surface area (Å²) in [6.07, 6.45) is 4.50. The van der Waals surface area contributed by atoms with Crippen LogP contribution >= 0.6 is 12.4 Å². The SMILES string of the molecule is CC(N)CCC(=O)N1CCN(c2cnn(C)c2)C(=O)C1.Cl. The van der Waals surface area contributed by atoms with Gasteiger partial charge in [0.25, 0.3) is 0 Å². The second-order valence-corrected chi connectivity index (χ2v) is 5.25. The molecule has 1 unspecified atom stereocenters. The number of nitrogens with zero attached hydrogens (tertiary/aromatic N) is 4. The number of halogens is 1. The number of piperazine rings is 1. The molecular formula is C13H22ClN5O2. The fourth-order valence-electron chi connectivity index (χ4n) is 2.22. The van der Waals surface area contributed by atoms with E-state index in [1.165, 1.54) is 0 Å². The van der Waals surface area contributed by atoms with Gasteiger partial charge in [0.15, 0.2) is 0 Å². The smallest absolute Gasteiger partial charge is 0.246 e.